The van der Waals surface area contributed by atoms with Crippen molar-refractivity contribution in [2.24, 2.45) is 5.10 Å². The maximum Gasteiger partial charge on any atom is 0.280 e. The number of nitrogens with zero attached hydrogens (tertiary/aromatic N) is 2. The van der Waals surface area contributed by atoms with E-state index >= 15 is 0 Å². The van der Waals surface area contributed by atoms with Crippen LogP contribution < -0.4 is 15.1 Å². The number of benzene rings is 1. The summed E-state index contributed by atoms with van der Waals surface area (Å²) in [4.78, 5) is 13.8. The van der Waals surface area contributed by atoms with E-state index in [1.807, 2.05) is 32.0 Å². The summed E-state index contributed by atoms with van der Waals surface area (Å²) in [5, 5.41) is 4.50. The first-order valence-electron chi connectivity index (χ1n) is 7.39. The van der Waals surface area contributed by atoms with E-state index in [0.717, 1.165) is 5.56 Å². The van der Waals surface area contributed by atoms with E-state index in [1.165, 1.54) is 6.21 Å². The summed E-state index contributed by atoms with van der Waals surface area (Å²) < 4.78 is 11.1. The van der Waals surface area contributed by atoms with Gasteiger partial charge in [0, 0.05) is 25.2 Å². The summed E-state index contributed by atoms with van der Waals surface area (Å²) in [6.45, 7) is 3.51. The normalized spacial score (nSPS) is 12.2. The minimum atomic E-state index is -0.698. The van der Waals surface area contributed by atoms with Gasteiger partial charge in [0.1, 0.15) is 11.5 Å². The molecule has 1 atom stereocenters. The van der Waals surface area contributed by atoms with Crippen molar-refractivity contribution in [3.8, 4) is 5.75 Å². The molecule has 0 spiro atoms. The molecule has 0 fully saturated rings. The van der Waals surface area contributed by atoms with E-state index in [0.29, 0.717) is 22.4 Å². The minimum Gasteiger partial charge on any atom is -0.481 e. The molecule has 1 amide bonds. The van der Waals surface area contributed by atoms with Gasteiger partial charge in [-0.2, -0.15) is 5.10 Å². The first kappa shape index (κ1) is 17.9. The SMILES string of the molecule is Cc1cc(Cl)ccc1OC(C)C(=O)N/N=C/c1ccc(N(C)C)o1. The zero-order valence-electron chi connectivity index (χ0n) is 14.0. The standard InChI is InChI=1S/C17H20ClN3O3/c1-11-9-13(18)5-7-15(11)23-12(2)17(22)20-19-10-14-6-8-16(24-14)21(3)4/h5-10,12H,1-4H3,(H,20,22)/b19-10+. The molecular formula is C17H20ClN3O3. The highest BCUT2D eigenvalue weighted by Crippen LogP contribution is 2.22. The molecule has 7 heteroatoms. The number of anilines is 1. The lowest BCUT2D eigenvalue weighted by molar-refractivity contribution is -0.127. The van der Waals surface area contributed by atoms with Gasteiger partial charge in [-0.1, -0.05) is 11.6 Å². The van der Waals surface area contributed by atoms with Gasteiger partial charge in [0.25, 0.3) is 5.91 Å². The fourth-order valence-electron chi connectivity index (χ4n) is 1.89. The number of aryl methyl sites for hydroxylation is 1. The lowest BCUT2D eigenvalue weighted by Crippen LogP contribution is -2.33. The summed E-state index contributed by atoms with van der Waals surface area (Å²) in [5.74, 6) is 1.49. The maximum absolute atomic E-state index is 12.0. The highest BCUT2D eigenvalue weighted by molar-refractivity contribution is 6.30. The lowest BCUT2D eigenvalue weighted by atomic mass is 10.2. The van der Waals surface area contributed by atoms with Gasteiger partial charge in [-0.3, -0.25) is 4.79 Å². The quantitative estimate of drug-likeness (QED) is 0.642. The second kappa shape index (κ2) is 7.88. The number of carbonyl (C=O) groups excluding carboxylic acids is 1. The Balaban J connectivity index is 1.90. The molecule has 1 unspecified atom stereocenters. The first-order chi connectivity index (χ1) is 11.4. The van der Waals surface area contributed by atoms with Crippen molar-refractivity contribution in [2.75, 3.05) is 19.0 Å². The van der Waals surface area contributed by atoms with Crippen LogP contribution in [0, 0.1) is 6.92 Å². The number of carbonyl (C=O) groups is 1. The van der Waals surface area contributed by atoms with E-state index in [-0.39, 0.29) is 5.91 Å². The third-order valence-corrected chi connectivity index (χ3v) is 3.46. The largest absolute Gasteiger partial charge is 0.481 e. The molecule has 2 aromatic rings. The van der Waals surface area contributed by atoms with Crippen molar-refractivity contribution in [2.45, 2.75) is 20.0 Å². The molecule has 0 saturated carbocycles. The van der Waals surface area contributed by atoms with Crippen molar-refractivity contribution in [1.29, 1.82) is 0 Å². The number of furan rings is 1. The molecule has 1 aromatic heterocycles. The summed E-state index contributed by atoms with van der Waals surface area (Å²) in [5.41, 5.74) is 3.29. The van der Waals surface area contributed by atoms with Gasteiger partial charge in [-0.25, -0.2) is 5.43 Å². The van der Waals surface area contributed by atoms with E-state index in [9.17, 15) is 4.79 Å². The van der Waals surface area contributed by atoms with Crippen LogP contribution in [0.2, 0.25) is 5.02 Å². The van der Waals surface area contributed by atoms with Gasteiger partial charge in [0.15, 0.2) is 12.0 Å². The Kier molecular flexibility index (Phi) is 5.87. The minimum absolute atomic E-state index is 0.361. The number of hydrogen-bond donors (Lipinski definition) is 1. The van der Waals surface area contributed by atoms with Gasteiger partial charge in [-0.15, -0.1) is 0 Å². The Labute approximate surface area is 146 Å². The summed E-state index contributed by atoms with van der Waals surface area (Å²) in [6, 6.07) is 8.81. The Hall–Kier alpha value is -2.47. The Morgan fingerprint density at radius 3 is 2.75 bits per heavy atom. The van der Waals surface area contributed by atoms with Crippen LogP contribution >= 0.6 is 11.6 Å². The highest BCUT2D eigenvalue weighted by atomic mass is 35.5. The van der Waals surface area contributed by atoms with E-state index in [1.54, 1.807) is 31.2 Å². The van der Waals surface area contributed by atoms with Gasteiger partial charge in [0.2, 0.25) is 0 Å². The molecule has 1 aromatic carbocycles. The second-order valence-electron chi connectivity index (χ2n) is 5.47. The Bertz CT molecular complexity index is 740. The zero-order chi connectivity index (χ0) is 17.7. The molecule has 1 N–H and O–H groups in total. The predicted molar refractivity (Wildman–Crippen MR) is 95.1 cm³/mol. The summed E-state index contributed by atoms with van der Waals surface area (Å²) >= 11 is 5.90. The third kappa shape index (κ3) is 4.76. The van der Waals surface area contributed by atoms with Gasteiger partial charge < -0.3 is 14.1 Å². The molecule has 6 nitrogen and oxygen atoms in total. The number of amides is 1. The monoisotopic (exact) mass is 349 g/mol. The van der Waals surface area contributed by atoms with E-state index < -0.39 is 6.10 Å². The molecule has 0 aliphatic heterocycles. The first-order valence-corrected chi connectivity index (χ1v) is 7.77. The molecule has 0 radical (unpaired) electrons. The second-order valence-corrected chi connectivity index (χ2v) is 5.91. The van der Waals surface area contributed by atoms with Crippen molar-refractivity contribution in [3.05, 3.63) is 46.7 Å². The zero-order valence-corrected chi connectivity index (χ0v) is 14.8. The van der Waals surface area contributed by atoms with E-state index in [2.05, 4.69) is 10.5 Å². The molecular weight excluding hydrogens is 330 g/mol. The lowest BCUT2D eigenvalue weighted by Gasteiger charge is -2.14. The van der Waals surface area contributed by atoms with Crippen LogP contribution in [0.25, 0.3) is 0 Å². The number of halogens is 1. The van der Waals surface area contributed by atoms with Crippen LogP contribution in [0.3, 0.4) is 0 Å². The Morgan fingerprint density at radius 2 is 2.12 bits per heavy atom. The molecule has 0 aliphatic rings. The Morgan fingerprint density at radius 1 is 1.38 bits per heavy atom. The van der Waals surface area contributed by atoms with Crippen LogP contribution in [0.5, 0.6) is 5.75 Å². The van der Waals surface area contributed by atoms with Gasteiger partial charge >= 0.3 is 0 Å². The van der Waals surface area contributed by atoms with Crippen molar-refractivity contribution in [3.63, 3.8) is 0 Å². The fraction of sp³-hybridized carbons (Fsp3) is 0.294. The maximum atomic E-state index is 12.0. The average Bonchev–Trinajstić information content (AvgIpc) is 2.99. The molecule has 0 bridgehead atoms. The van der Waals surface area contributed by atoms with Crippen LogP contribution in [-0.4, -0.2) is 32.3 Å². The molecule has 128 valence electrons. The average molecular weight is 350 g/mol. The van der Waals surface area contributed by atoms with Crippen LogP contribution in [0.4, 0.5) is 5.88 Å². The summed E-state index contributed by atoms with van der Waals surface area (Å²) in [7, 11) is 3.75. The molecule has 1 heterocycles. The number of nitrogens with one attached hydrogen (secondary N) is 1. The molecule has 0 saturated heterocycles. The topological polar surface area (TPSA) is 67.1 Å². The summed E-state index contributed by atoms with van der Waals surface area (Å²) in [6.07, 6.45) is 0.737. The fourth-order valence-corrected chi connectivity index (χ4v) is 2.12. The highest BCUT2D eigenvalue weighted by Gasteiger charge is 2.15. The van der Waals surface area contributed by atoms with Crippen molar-refractivity contribution in [1.82, 2.24) is 5.43 Å². The van der Waals surface area contributed by atoms with Gasteiger partial charge in [-0.05, 0) is 43.7 Å². The van der Waals surface area contributed by atoms with E-state index in [4.69, 9.17) is 20.8 Å². The molecule has 24 heavy (non-hydrogen) atoms. The van der Waals surface area contributed by atoms with Gasteiger partial charge in [0.05, 0.1) is 6.21 Å². The predicted octanol–water partition coefficient (Wildman–Crippen LogP) is 3.23. The number of hydrogen-bond acceptors (Lipinski definition) is 5. The van der Waals surface area contributed by atoms with Crippen molar-refractivity contribution < 1.29 is 13.9 Å². The van der Waals surface area contributed by atoms with Crippen LogP contribution in [0.15, 0.2) is 39.9 Å². The third-order valence-electron chi connectivity index (χ3n) is 3.23. The van der Waals surface area contributed by atoms with Crippen LogP contribution in [-0.2, 0) is 4.79 Å². The number of rotatable bonds is 6. The van der Waals surface area contributed by atoms with Crippen LogP contribution in [0.1, 0.15) is 18.2 Å². The number of hydrazone groups is 1. The molecule has 0 aliphatic carbocycles. The molecule has 2 rings (SSSR count). The van der Waals surface area contributed by atoms with Crippen molar-refractivity contribution >= 4 is 29.6 Å². The smallest absolute Gasteiger partial charge is 0.280 e. The number of ether oxygens (including phenoxy) is 1.